The fourth-order valence-corrected chi connectivity index (χ4v) is 2.84. The van der Waals surface area contributed by atoms with Gasteiger partial charge in [-0.3, -0.25) is 4.90 Å². The van der Waals surface area contributed by atoms with Crippen LogP contribution in [0, 0.1) is 0 Å². The summed E-state index contributed by atoms with van der Waals surface area (Å²) >= 11 is 0. The molecule has 4 nitrogen and oxygen atoms in total. The fourth-order valence-electron chi connectivity index (χ4n) is 2.84. The number of amides is 1. The van der Waals surface area contributed by atoms with Gasteiger partial charge in [0.1, 0.15) is 5.60 Å². The van der Waals surface area contributed by atoms with Crippen molar-refractivity contribution in [2.45, 2.75) is 45.9 Å². The number of hydrogen-bond donors (Lipinski definition) is 0. The zero-order valence-corrected chi connectivity index (χ0v) is 13.5. The average molecular weight is 301 g/mol. The van der Waals surface area contributed by atoms with E-state index >= 15 is 0 Å². The van der Waals surface area contributed by atoms with Crippen LogP contribution in [0.4, 0.5) is 4.79 Å². The van der Waals surface area contributed by atoms with Crippen LogP contribution in [-0.2, 0) is 22.6 Å². The molecule has 1 aromatic rings. The van der Waals surface area contributed by atoms with E-state index in [0.717, 1.165) is 13.0 Å². The van der Waals surface area contributed by atoms with Crippen LogP contribution in [0.5, 0.6) is 0 Å². The lowest BCUT2D eigenvalue weighted by Gasteiger charge is -2.24. The van der Waals surface area contributed by atoms with Gasteiger partial charge in [-0.05, 0) is 55.5 Å². The molecule has 0 spiro atoms. The Bertz CT molecular complexity index is 613. The van der Waals surface area contributed by atoms with Gasteiger partial charge >= 0.3 is 6.09 Å². The van der Waals surface area contributed by atoms with Gasteiger partial charge in [-0.25, -0.2) is 4.79 Å². The zero-order valence-electron chi connectivity index (χ0n) is 13.5. The minimum Gasteiger partial charge on any atom is -0.444 e. The highest BCUT2D eigenvalue weighted by molar-refractivity contribution is 5.71. The first kappa shape index (κ1) is 15.1. The second-order valence-corrected chi connectivity index (χ2v) is 6.87. The molecule has 1 aromatic carbocycles. The van der Waals surface area contributed by atoms with E-state index in [1.165, 1.54) is 22.3 Å². The Kier molecular flexibility index (Phi) is 3.96. The lowest BCUT2D eigenvalue weighted by Crippen LogP contribution is -2.33. The number of ether oxygens (including phenoxy) is 2. The van der Waals surface area contributed by atoms with Crippen LogP contribution in [0.2, 0.25) is 0 Å². The van der Waals surface area contributed by atoms with Gasteiger partial charge in [0.2, 0.25) is 0 Å². The smallest absolute Gasteiger partial charge is 0.410 e. The van der Waals surface area contributed by atoms with E-state index < -0.39 is 5.60 Å². The number of fused-ring (bicyclic) bond motifs is 1. The third-order valence-electron chi connectivity index (χ3n) is 3.91. The van der Waals surface area contributed by atoms with Crippen molar-refractivity contribution in [3.05, 3.63) is 41.0 Å². The number of carbonyl (C=O) groups is 1. The molecule has 0 radical (unpaired) electrons. The highest BCUT2D eigenvalue weighted by atomic mass is 16.6. The van der Waals surface area contributed by atoms with Gasteiger partial charge in [-0.15, -0.1) is 0 Å². The van der Waals surface area contributed by atoms with E-state index in [4.69, 9.17) is 9.47 Å². The Morgan fingerprint density at radius 3 is 2.68 bits per heavy atom. The van der Waals surface area contributed by atoms with Crippen molar-refractivity contribution in [2.75, 3.05) is 13.2 Å². The number of hydrogen-bond acceptors (Lipinski definition) is 3. The fraction of sp³-hybridized carbons (Fsp3) is 0.500. The molecule has 2 heterocycles. The molecular weight excluding hydrogens is 278 g/mol. The molecule has 0 saturated carbocycles. The van der Waals surface area contributed by atoms with Gasteiger partial charge < -0.3 is 9.47 Å². The molecule has 1 amide bonds. The molecule has 118 valence electrons. The van der Waals surface area contributed by atoms with E-state index in [2.05, 4.69) is 24.3 Å². The average Bonchev–Trinajstić information content (AvgIpc) is 2.89. The molecule has 0 saturated heterocycles. The standard InChI is InChI=1S/C18H23NO3/c1-18(2,3)22-17(20)19-11-15-5-4-14(10-16(15)12-19)13-6-8-21-9-7-13/h4-6,10H,7-9,11-12H2,1-3H3. The topological polar surface area (TPSA) is 38.8 Å². The summed E-state index contributed by atoms with van der Waals surface area (Å²) in [5, 5.41) is 0. The first-order valence-electron chi connectivity index (χ1n) is 7.79. The van der Waals surface area contributed by atoms with Crippen LogP contribution in [0.3, 0.4) is 0 Å². The quantitative estimate of drug-likeness (QED) is 0.793. The van der Waals surface area contributed by atoms with Crippen LogP contribution in [0.1, 0.15) is 43.9 Å². The third kappa shape index (κ3) is 3.33. The summed E-state index contributed by atoms with van der Waals surface area (Å²) in [5.41, 5.74) is 4.56. The maximum Gasteiger partial charge on any atom is 0.410 e. The molecule has 0 bridgehead atoms. The Morgan fingerprint density at radius 1 is 1.23 bits per heavy atom. The Morgan fingerprint density at radius 2 is 2.00 bits per heavy atom. The number of rotatable bonds is 1. The first-order valence-corrected chi connectivity index (χ1v) is 7.79. The number of benzene rings is 1. The van der Waals surface area contributed by atoms with E-state index in [-0.39, 0.29) is 6.09 Å². The zero-order chi connectivity index (χ0) is 15.7. The number of nitrogens with zero attached hydrogens (tertiary/aromatic N) is 1. The molecule has 0 aromatic heterocycles. The SMILES string of the molecule is CC(C)(C)OC(=O)N1Cc2ccc(C3=CCOCC3)cc2C1. The number of carbonyl (C=O) groups excluding carboxylic acids is 1. The molecular formula is C18H23NO3. The van der Waals surface area contributed by atoms with Gasteiger partial charge in [-0.2, -0.15) is 0 Å². The summed E-state index contributed by atoms with van der Waals surface area (Å²) in [6.45, 7) is 8.41. The molecule has 2 aliphatic heterocycles. The molecule has 4 heteroatoms. The Hall–Kier alpha value is -1.81. The molecule has 3 rings (SSSR count). The summed E-state index contributed by atoms with van der Waals surface area (Å²) in [5.74, 6) is 0. The van der Waals surface area contributed by atoms with Gasteiger partial charge in [0.15, 0.2) is 0 Å². The van der Waals surface area contributed by atoms with Gasteiger partial charge in [0, 0.05) is 13.1 Å². The molecule has 0 unspecified atom stereocenters. The Balaban J connectivity index is 1.74. The van der Waals surface area contributed by atoms with Crippen molar-refractivity contribution in [1.29, 1.82) is 0 Å². The molecule has 22 heavy (non-hydrogen) atoms. The van der Waals surface area contributed by atoms with Crippen LogP contribution in [0.15, 0.2) is 24.3 Å². The lowest BCUT2D eigenvalue weighted by atomic mass is 9.98. The predicted octanol–water partition coefficient (Wildman–Crippen LogP) is 3.74. The minimum atomic E-state index is -0.454. The van der Waals surface area contributed by atoms with Crippen molar-refractivity contribution >= 4 is 11.7 Å². The second-order valence-electron chi connectivity index (χ2n) is 6.87. The monoisotopic (exact) mass is 301 g/mol. The normalized spacial score (nSPS) is 18.0. The summed E-state index contributed by atoms with van der Waals surface area (Å²) in [6.07, 6.45) is 2.86. The lowest BCUT2D eigenvalue weighted by molar-refractivity contribution is 0.0242. The van der Waals surface area contributed by atoms with Crippen LogP contribution in [0.25, 0.3) is 5.57 Å². The van der Waals surface area contributed by atoms with Crippen LogP contribution >= 0.6 is 0 Å². The third-order valence-corrected chi connectivity index (χ3v) is 3.91. The van der Waals surface area contributed by atoms with Gasteiger partial charge in [-0.1, -0.05) is 18.2 Å². The first-order chi connectivity index (χ1) is 10.4. The molecule has 2 aliphatic rings. The van der Waals surface area contributed by atoms with Crippen molar-refractivity contribution in [3.8, 4) is 0 Å². The van der Waals surface area contributed by atoms with E-state index in [1.807, 2.05) is 20.8 Å². The summed E-state index contributed by atoms with van der Waals surface area (Å²) in [7, 11) is 0. The summed E-state index contributed by atoms with van der Waals surface area (Å²) in [4.78, 5) is 14.0. The largest absolute Gasteiger partial charge is 0.444 e. The van der Waals surface area contributed by atoms with Gasteiger partial charge in [0.05, 0.1) is 13.2 Å². The van der Waals surface area contributed by atoms with Crippen molar-refractivity contribution in [3.63, 3.8) is 0 Å². The predicted molar refractivity (Wildman–Crippen MR) is 85.3 cm³/mol. The highest BCUT2D eigenvalue weighted by Gasteiger charge is 2.28. The maximum atomic E-state index is 12.2. The van der Waals surface area contributed by atoms with E-state index in [9.17, 15) is 4.79 Å². The maximum absolute atomic E-state index is 12.2. The minimum absolute atomic E-state index is 0.240. The highest BCUT2D eigenvalue weighted by Crippen LogP contribution is 2.29. The Labute approximate surface area is 131 Å². The molecule has 0 fully saturated rings. The van der Waals surface area contributed by atoms with E-state index in [0.29, 0.717) is 19.7 Å². The molecule has 0 atom stereocenters. The van der Waals surface area contributed by atoms with Crippen LogP contribution < -0.4 is 0 Å². The molecule has 0 aliphatic carbocycles. The van der Waals surface area contributed by atoms with Crippen molar-refractivity contribution in [2.24, 2.45) is 0 Å². The summed E-state index contributed by atoms with van der Waals surface area (Å²) < 4.78 is 10.8. The van der Waals surface area contributed by atoms with Crippen LogP contribution in [-0.4, -0.2) is 29.8 Å². The summed E-state index contributed by atoms with van der Waals surface area (Å²) in [6, 6.07) is 6.48. The van der Waals surface area contributed by atoms with E-state index in [1.54, 1.807) is 4.90 Å². The van der Waals surface area contributed by atoms with Crippen molar-refractivity contribution in [1.82, 2.24) is 4.90 Å². The van der Waals surface area contributed by atoms with Crippen molar-refractivity contribution < 1.29 is 14.3 Å². The second kappa shape index (κ2) is 5.76. The van der Waals surface area contributed by atoms with Gasteiger partial charge in [0.25, 0.3) is 0 Å². The molecule has 0 N–H and O–H groups in total.